The highest BCUT2D eigenvalue weighted by Crippen LogP contribution is 2.28. The minimum Gasteiger partial charge on any atom is -0.495 e. The number of thiophene rings is 1. The zero-order chi connectivity index (χ0) is 17.6. The van der Waals surface area contributed by atoms with E-state index in [1.165, 1.54) is 7.11 Å². The predicted molar refractivity (Wildman–Crippen MR) is 101 cm³/mol. The van der Waals surface area contributed by atoms with E-state index in [0.29, 0.717) is 23.0 Å². The third kappa shape index (κ3) is 4.29. The first-order chi connectivity index (χ1) is 12.2. The van der Waals surface area contributed by atoms with Crippen molar-refractivity contribution in [3.05, 3.63) is 64.6 Å². The van der Waals surface area contributed by atoms with Crippen molar-refractivity contribution in [3.63, 3.8) is 0 Å². The van der Waals surface area contributed by atoms with E-state index in [1.54, 1.807) is 35.7 Å². The summed E-state index contributed by atoms with van der Waals surface area (Å²) in [5.41, 5.74) is 2.33. The molecule has 25 heavy (non-hydrogen) atoms. The van der Waals surface area contributed by atoms with Crippen LogP contribution in [0.2, 0.25) is 5.02 Å². The van der Waals surface area contributed by atoms with Crippen molar-refractivity contribution in [3.8, 4) is 16.3 Å². The number of carbonyl (C=O) groups is 1. The van der Waals surface area contributed by atoms with Crippen LogP contribution >= 0.6 is 22.9 Å². The van der Waals surface area contributed by atoms with Gasteiger partial charge in [-0.3, -0.25) is 4.98 Å². The van der Waals surface area contributed by atoms with Crippen molar-refractivity contribution in [2.75, 3.05) is 12.4 Å². The average Bonchev–Trinajstić information content (AvgIpc) is 3.15. The van der Waals surface area contributed by atoms with Gasteiger partial charge in [0.1, 0.15) is 5.75 Å². The van der Waals surface area contributed by atoms with Gasteiger partial charge in [0, 0.05) is 17.8 Å². The molecule has 2 aromatic heterocycles. The molecule has 2 amide bonds. The summed E-state index contributed by atoms with van der Waals surface area (Å²) in [7, 11) is 1.54. The van der Waals surface area contributed by atoms with Gasteiger partial charge in [0.15, 0.2) is 0 Å². The number of aromatic nitrogens is 1. The molecule has 0 aliphatic rings. The van der Waals surface area contributed by atoms with E-state index in [0.717, 1.165) is 16.1 Å². The van der Waals surface area contributed by atoms with Crippen LogP contribution in [0.5, 0.6) is 5.75 Å². The molecule has 0 saturated heterocycles. The molecule has 0 fully saturated rings. The number of carbonyl (C=O) groups excluding carboxylic acids is 1. The Balaban J connectivity index is 1.69. The SMILES string of the molecule is COc1ccc(Cl)cc1NC(=O)NCc1cccnc1-c1cccs1. The van der Waals surface area contributed by atoms with Crippen LogP contribution in [0.3, 0.4) is 0 Å². The van der Waals surface area contributed by atoms with Gasteiger partial charge in [-0.05, 0) is 41.3 Å². The Hall–Kier alpha value is -2.57. The first kappa shape index (κ1) is 17.3. The molecule has 0 unspecified atom stereocenters. The Morgan fingerprint density at radius 2 is 2.16 bits per heavy atom. The summed E-state index contributed by atoms with van der Waals surface area (Å²) >= 11 is 7.59. The van der Waals surface area contributed by atoms with Crippen LogP contribution in [0.15, 0.2) is 54.0 Å². The molecule has 0 radical (unpaired) electrons. The predicted octanol–water partition coefficient (Wildman–Crippen LogP) is 4.79. The zero-order valence-electron chi connectivity index (χ0n) is 13.5. The van der Waals surface area contributed by atoms with Gasteiger partial charge in [-0.15, -0.1) is 11.3 Å². The molecule has 1 aromatic carbocycles. The van der Waals surface area contributed by atoms with Gasteiger partial charge in [-0.25, -0.2) is 4.79 Å². The summed E-state index contributed by atoms with van der Waals surface area (Å²) < 4.78 is 5.22. The van der Waals surface area contributed by atoms with E-state index < -0.39 is 0 Å². The molecule has 0 bridgehead atoms. The fourth-order valence-corrected chi connectivity index (χ4v) is 3.26. The second kappa shape index (κ2) is 8.00. The number of urea groups is 1. The van der Waals surface area contributed by atoms with Crippen molar-refractivity contribution in [2.24, 2.45) is 0 Å². The van der Waals surface area contributed by atoms with Crippen LogP contribution in [-0.2, 0) is 6.54 Å². The summed E-state index contributed by atoms with van der Waals surface area (Å²) in [5.74, 6) is 0.542. The normalized spacial score (nSPS) is 10.3. The molecule has 7 heteroatoms. The minimum atomic E-state index is -0.346. The van der Waals surface area contributed by atoms with Crippen LogP contribution in [0, 0.1) is 0 Å². The molecular formula is C18H16ClN3O2S. The molecule has 3 rings (SSSR count). The van der Waals surface area contributed by atoms with E-state index >= 15 is 0 Å². The molecular weight excluding hydrogens is 358 g/mol. The van der Waals surface area contributed by atoms with Crippen molar-refractivity contribution < 1.29 is 9.53 Å². The topological polar surface area (TPSA) is 63.2 Å². The number of hydrogen-bond acceptors (Lipinski definition) is 4. The first-order valence-corrected chi connectivity index (χ1v) is 8.79. The van der Waals surface area contributed by atoms with Crippen LogP contribution in [-0.4, -0.2) is 18.1 Å². The third-order valence-corrected chi connectivity index (χ3v) is 4.61. The van der Waals surface area contributed by atoms with Crippen LogP contribution in [0.4, 0.5) is 10.5 Å². The molecule has 0 saturated carbocycles. The lowest BCUT2D eigenvalue weighted by Gasteiger charge is -2.12. The number of anilines is 1. The van der Waals surface area contributed by atoms with E-state index in [9.17, 15) is 4.79 Å². The van der Waals surface area contributed by atoms with Gasteiger partial charge < -0.3 is 15.4 Å². The Morgan fingerprint density at radius 1 is 1.28 bits per heavy atom. The third-order valence-electron chi connectivity index (χ3n) is 3.49. The molecule has 0 atom stereocenters. The molecule has 0 aliphatic heterocycles. The monoisotopic (exact) mass is 373 g/mol. The number of benzene rings is 1. The van der Waals surface area contributed by atoms with Gasteiger partial charge in [-0.2, -0.15) is 0 Å². The summed E-state index contributed by atoms with van der Waals surface area (Å²) in [6, 6.07) is 12.5. The second-order valence-electron chi connectivity index (χ2n) is 5.14. The highest BCUT2D eigenvalue weighted by Gasteiger charge is 2.11. The maximum absolute atomic E-state index is 12.2. The summed E-state index contributed by atoms with van der Waals surface area (Å²) in [5, 5.41) is 8.10. The van der Waals surface area contributed by atoms with Gasteiger partial charge >= 0.3 is 6.03 Å². The number of nitrogens with zero attached hydrogens (tertiary/aromatic N) is 1. The number of methoxy groups -OCH3 is 1. The molecule has 3 aromatic rings. The van der Waals surface area contributed by atoms with Crippen molar-refractivity contribution in [1.82, 2.24) is 10.3 Å². The van der Waals surface area contributed by atoms with E-state index in [4.69, 9.17) is 16.3 Å². The highest BCUT2D eigenvalue weighted by atomic mass is 35.5. The summed E-state index contributed by atoms with van der Waals surface area (Å²) in [6.45, 7) is 0.357. The van der Waals surface area contributed by atoms with Crippen molar-refractivity contribution in [1.29, 1.82) is 0 Å². The van der Waals surface area contributed by atoms with Crippen LogP contribution in [0.25, 0.3) is 10.6 Å². The Morgan fingerprint density at radius 3 is 2.92 bits per heavy atom. The number of halogens is 1. The maximum Gasteiger partial charge on any atom is 0.319 e. The number of amides is 2. The maximum atomic E-state index is 12.2. The average molecular weight is 374 g/mol. The number of rotatable bonds is 5. The molecule has 2 heterocycles. The lowest BCUT2D eigenvalue weighted by molar-refractivity contribution is 0.251. The van der Waals surface area contributed by atoms with Crippen molar-refractivity contribution >= 4 is 34.7 Å². The number of hydrogen-bond donors (Lipinski definition) is 2. The zero-order valence-corrected chi connectivity index (χ0v) is 15.0. The summed E-state index contributed by atoms with van der Waals surface area (Å²) in [6.07, 6.45) is 1.75. The van der Waals surface area contributed by atoms with E-state index in [1.807, 2.05) is 29.6 Å². The van der Waals surface area contributed by atoms with Gasteiger partial charge in [0.2, 0.25) is 0 Å². The number of nitrogens with one attached hydrogen (secondary N) is 2. The molecule has 128 valence electrons. The van der Waals surface area contributed by atoms with Crippen molar-refractivity contribution in [2.45, 2.75) is 6.54 Å². The fraction of sp³-hybridized carbons (Fsp3) is 0.111. The van der Waals surface area contributed by atoms with Gasteiger partial charge in [0.05, 0.1) is 23.4 Å². The largest absolute Gasteiger partial charge is 0.495 e. The molecule has 2 N–H and O–H groups in total. The Labute approximate surface area is 154 Å². The Kier molecular flexibility index (Phi) is 5.53. The van der Waals surface area contributed by atoms with Gasteiger partial charge in [-0.1, -0.05) is 23.7 Å². The number of pyridine rings is 1. The van der Waals surface area contributed by atoms with Gasteiger partial charge in [0.25, 0.3) is 0 Å². The van der Waals surface area contributed by atoms with E-state index in [2.05, 4.69) is 15.6 Å². The molecule has 5 nitrogen and oxygen atoms in total. The second-order valence-corrected chi connectivity index (χ2v) is 6.52. The first-order valence-electron chi connectivity index (χ1n) is 7.53. The summed E-state index contributed by atoms with van der Waals surface area (Å²) in [4.78, 5) is 17.7. The quantitative estimate of drug-likeness (QED) is 0.675. The number of ether oxygens (including phenoxy) is 1. The fourth-order valence-electron chi connectivity index (χ4n) is 2.34. The highest BCUT2D eigenvalue weighted by molar-refractivity contribution is 7.13. The molecule has 0 spiro atoms. The lowest BCUT2D eigenvalue weighted by atomic mass is 10.1. The standard InChI is InChI=1S/C18H16ClN3O2S/c1-24-15-7-6-13(19)10-14(15)22-18(23)21-11-12-4-2-8-20-17(12)16-5-3-9-25-16/h2-10H,11H2,1H3,(H2,21,22,23). The minimum absolute atomic E-state index is 0.346. The lowest BCUT2D eigenvalue weighted by Crippen LogP contribution is -2.28. The van der Waals surface area contributed by atoms with E-state index in [-0.39, 0.29) is 6.03 Å². The van der Waals surface area contributed by atoms with Crippen LogP contribution < -0.4 is 15.4 Å². The van der Waals surface area contributed by atoms with Crippen LogP contribution in [0.1, 0.15) is 5.56 Å². The Bertz CT molecular complexity index is 869. The smallest absolute Gasteiger partial charge is 0.319 e. The molecule has 0 aliphatic carbocycles.